The minimum atomic E-state index is -0.975. The maximum absolute atomic E-state index is 14.2. The SMILES string of the molecule is Cn1c(Nc2c(Cl)ccc(CNC(=O)OC(C)(C)C)c2Cl)nc2cc(C(=O)NC3CCCCC3)c(N3CCC(F)C3)nc21. The molecule has 1 saturated carbocycles. The summed E-state index contributed by atoms with van der Waals surface area (Å²) >= 11 is 13.3. The molecule has 2 aliphatic rings. The van der Waals surface area contributed by atoms with Gasteiger partial charge >= 0.3 is 6.09 Å². The molecule has 1 unspecified atom stereocenters. The summed E-state index contributed by atoms with van der Waals surface area (Å²) < 4.78 is 21.3. The highest BCUT2D eigenvalue weighted by molar-refractivity contribution is 6.39. The molecule has 1 aliphatic heterocycles. The molecule has 0 spiro atoms. The van der Waals surface area contributed by atoms with Crippen molar-refractivity contribution in [3.8, 4) is 0 Å². The van der Waals surface area contributed by atoms with Crippen molar-refractivity contribution >= 4 is 63.8 Å². The second kappa shape index (κ2) is 12.7. The third kappa shape index (κ3) is 7.26. The van der Waals surface area contributed by atoms with E-state index in [0.717, 1.165) is 25.7 Å². The number of aryl methyl sites for hydroxylation is 1. The van der Waals surface area contributed by atoms with Crippen molar-refractivity contribution in [3.05, 3.63) is 39.4 Å². The van der Waals surface area contributed by atoms with Crippen LogP contribution >= 0.6 is 23.2 Å². The lowest BCUT2D eigenvalue weighted by molar-refractivity contribution is 0.0523. The third-order valence-electron chi connectivity index (χ3n) is 7.67. The van der Waals surface area contributed by atoms with Gasteiger partial charge in [-0.25, -0.2) is 19.2 Å². The summed E-state index contributed by atoms with van der Waals surface area (Å²) in [7, 11) is 1.79. The van der Waals surface area contributed by atoms with Gasteiger partial charge < -0.3 is 25.6 Å². The summed E-state index contributed by atoms with van der Waals surface area (Å²) in [6, 6.07) is 5.23. The smallest absolute Gasteiger partial charge is 0.407 e. The number of halogens is 3. The molecule has 1 aromatic carbocycles. The van der Waals surface area contributed by atoms with Crippen LogP contribution in [-0.2, 0) is 18.3 Å². The Bertz CT molecular complexity index is 1520. The van der Waals surface area contributed by atoms with Gasteiger partial charge in [0.05, 0.1) is 27.8 Å². The number of hydrogen-bond acceptors (Lipinski definition) is 7. The molecule has 43 heavy (non-hydrogen) atoms. The number of nitrogens with zero attached hydrogens (tertiary/aromatic N) is 4. The van der Waals surface area contributed by atoms with Crippen LogP contribution in [0.3, 0.4) is 0 Å². The minimum absolute atomic E-state index is 0.111. The first-order valence-electron chi connectivity index (χ1n) is 14.7. The number of rotatable bonds is 7. The van der Waals surface area contributed by atoms with Gasteiger partial charge in [0.1, 0.15) is 23.1 Å². The maximum atomic E-state index is 14.2. The van der Waals surface area contributed by atoms with Gasteiger partial charge in [-0.05, 0) is 57.7 Å². The molecule has 232 valence electrons. The van der Waals surface area contributed by atoms with E-state index in [-0.39, 0.29) is 25.0 Å². The van der Waals surface area contributed by atoms with Gasteiger partial charge in [0, 0.05) is 26.2 Å². The maximum Gasteiger partial charge on any atom is 0.407 e. The molecule has 3 aromatic rings. The number of pyridine rings is 1. The molecule has 2 amide bonds. The van der Waals surface area contributed by atoms with E-state index in [0.29, 0.717) is 62.8 Å². The molecule has 3 N–H and O–H groups in total. The van der Waals surface area contributed by atoms with Crippen LogP contribution < -0.4 is 20.9 Å². The standard InChI is InChI=1S/C30H38Cl2FN7O3/c1-30(2,3)43-29(42)34-15-17-10-11-21(31)24(23(17)32)37-28-36-22-14-20(27(41)35-19-8-6-5-7-9-19)25(38-26(22)39(28)4)40-13-12-18(33)16-40/h10-11,14,18-19H,5-9,12-13,15-16H2,1-4H3,(H,34,42)(H,35,41)(H,36,37). The first kappa shape index (κ1) is 31.1. The largest absolute Gasteiger partial charge is 0.444 e. The molecule has 2 fully saturated rings. The summed E-state index contributed by atoms with van der Waals surface area (Å²) in [5.74, 6) is 0.612. The van der Waals surface area contributed by atoms with E-state index in [9.17, 15) is 14.0 Å². The third-order valence-corrected chi connectivity index (χ3v) is 8.42. The van der Waals surface area contributed by atoms with E-state index in [1.54, 1.807) is 50.6 Å². The van der Waals surface area contributed by atoms with Crippen molar-refractivity contribution < 1.29 is 18.7 Å². The molecular weight excluding hydrogens is 596 g/mol. The van der Waals surface area contributed by atoms with E-state index in [1.807, 2.05) is 4.90 Å². The Hall–Kier alpha value is -3.31. The first-order valence-corrected chi connectivity index (χ1v) is 15.4. The monoisotopic (exact) mass is 633 g/mol. The average Bonchev–Trinajstić information content (AvgIpc) is 3.51. The fraction of sp³-hybridized carbons (Fsp3) is 0.533. The Morgan fingerprint density at radius 2 is 1.86 bits per heavy atom. The lowest BCUT2D eigenvalue weighted by Gasteiger charge is -2.24. The number of carbonyl (C=O) groups is 2. The van der Waals surface area contributed by atoms with Crippen LogP contribution in [0.4, 0.5) is 26.6 Å². The molecular formula is C30H38Cl2FN7O3. The molecule has 10 nitrogen and oxygen atoms in total. The van der Waals surface area contributed by atoms with Gasteiger partial charge in [-0.2, -0.15) is 0 Å². The van der Waals surface area contributed by atoms with Crippen molar-refractivity contribution in [1.29, 1.82) is 0 Å². The van der Waals surface area contributed by atoms with Crippen LogP contribution in [-0.4, -0.2) is 57.4 Å². The summed E-state index contributed by atoms with van der Waals surface area (Å²) in [4.78, 5) is 37.1. The highest BCUT2D eigenvalue weighted by Crippen LogP contribution is 2.36. The van der Waals surface area contributed by atoms with Crippen LogP contribution in [0.5, 0.6) is 0 Å². The van der Waals surface area contributed by atoms with Crippen LogP contribution in [0.25, 0.3) is 11.2 Å². The van der Waals surface area contributed by atoms with Crippen molar-refractivity contribution in [2.24, 2.45) is 7.05 Å². The van der Waals surface area contributed by atoms with Crippen molar-refractivity contribution in [2.75, 3.05) is 23.3 Å². The summed E-state index contributed by atoms with van der Waals surface area (Å²) in [6.07, 6.45) is 4.09. The van der Waals surface area contributed by atoms with E-state index >= 15 is 0 Å². The fourth-order valence-corrected chi connectivity index (χ4v) is 6.01. The van der Waals surface area contributed by atoms with E-state index in [1.165, 1.54) is 6.42 Å². The number of fused-ring (bicyclic) bond motifs is 1. The number of amides is 2. The number of alkyl carbamates (subject to hydrolysis) is 1. The van der Waals surface area contributed by atoms with E-state index < -0.39 is 17.9 Å². The van der Waals surface area contributed by atoms with Crippen LogP contribution in [0.1, 0.15) is 75.2 Å². The Labute approximate surface area is 260 Å². The van der Waals surface area contributed by atoms with Crippen molar-refractivity contribution in [2.45, 2.75) is 83.7 Å². The number of benzene rings is 1. The van der Waals surface area contributed by atoms with Crippen LogP contribution in [0.15, 0.2) is 18.2 Å². The van der Waals surface area contributed by atoms with Gasteiger partial charge in [0.15, 0.2) is 5.65 Å². The normalized spacial score (nSPS) is 17.7. The second-order valence-electron chi connectivity index (χ2n) is 12.2. The molecule has 3 heterocycles. The number of anilines is 3. The number of ether oxygens (including phenoxy) is 1. The lowest BCUT2D eigenvalue weighted by Crippen LogP contribution is -2.37. The molecule has 1 atom stereocenters. The predicted molar refractivity (Wildman–Crippen MR) is 167 cm³/mol. The zero-order chi connectivity index (χ0) is 30.9. The molecule has 2 aromatic heterocycles. The highest BCUT2D eigenvalue weighted by Gasteiger charge is 2.29. The molecule has 0 radical (unpaired) electrons. The van der Waals surface area contributed by atoms with E-state index in [4.69, 9.17) is 37.9 Å². The Morgan fingerprint density at radius 3 is 2.53 bits per heavy atom. The van der Waals surface area contributed by atoms with Gasteiger partial charge in [-0.15, -0.1) is 0 Å². The minimum Gasteiger partial charge on any atom is -0.444 e. The molecule has 1 saturated heterocycles. The topological polar surface area (TPSA) is 113 Å². The molecule has 0 bridgehead atoms. The lowest BCUT2D eigenvalue weighted by atomic mass is 9.95. The Kier molecular flexibility index (Phi) is 9.22. The van der Waals surface area contributed by atoms with E-state index in [2.05, 4.69) is 16.0 Å². The number of hydrogen-bond donors (Lipinski definition) is 3. The number of nitrogens with one attached hydrogen (secondary N) is 3. The van der Waals surface area contributed by atoms with Gasteiger partial charge in [0.25, 0.3) is 5.91 Å². The predicted octanol–water partition coefficient (Wildman–Crippen LogP) is 6.65. The molecule has 1 aliphatic carbocycles. The summed E-state index contributed by atoms with van der Waals surface area (Å²) in [6.45, 7) is 6.13. The Balaban J connectivity index is 1.44. The summed E-state index contributed by atoms with van der Waals surface area (Å²) in [5, 5.41) is 9.74. The number of alkyl halides is 1. The Morgan fingerprint density at radius 1 is 1.12 bits per heavy atom. The molecule has 5 rings (SSSR count). The van der Waals surface area contributed by atoms with Crippen LogP contribution in [0.2, 0.25) is 10.0 Å². The number of carbonyl (C=O) groups excluding carboxylic acids is 2. The first-order chi connectivity index (χ1) is 20.4. The fourth-order valence-electron chi connectivity index (χ4n) is 5.48. The van der Waals surface area contributed by atoms with Gasteiger partial charge in [0.2, 0.25) is 5.95 Å². The van der Waals surface area contributed by atoms with Crippen LogP contribution in [0, 0.1) is 0 Å². The quantitative estimate of drug-likeness (QED) is 0.267. The average molecular weight is 635 g/mol. The van der Waals surface area contributed by atoms with Gasteiger partial charge in [-0.1, -0.05) is 48.5 Å². The number of imidazole rings is 1. The zero-order valence-corrected chi connectivity index (χ0v) is 26.4. The zero-order valence-electron chi connectivity index (χ0n) is 24.9. The number of aromatic nitrogens is 3. The molecule has 13 heteroatoms. The highest BCUT2D eigenvalue weighted by atomic mass is 35.5. The summed E-state index contributed by atoms with van der Waals surface area (Å²) in [5.41, 5.74) is 1.78. The van der Waals surface area contributed by atoms with Crippen molar-refractivity contribution in [3.63, 3.8) is 0 Å². The van der Waals surface area contributed by atoms with Crippen molar-refractivity contribution in [1.82, 2.24) is 25.2 Å². The van der Waals surface area contributed by atoms with Gasteiger partial charge in [-0.3, -0.25) is 9.36 Å². The second-order valence-corrected chi connectivity index (χ2v) is 13.0.